The first-order chi connectivity index (χ1) is 42.8. The van der Waals surface area contributed by atoms with Crippen LogP contribution in [-0.2, 0) is 14.3 Å². The normalized spacial score (nSPS) is 18.4. The monoisotopic (exact) mass is 1220 g/mol. The lowest BCUT2D eigenvalue weighted by Crippen LogP contribution is -2.60. The summed E-state index contributed by atoms with van der Waals surface area (Å²) in [7, 11) is 0. The molecule has 9 heteroatoms. The standard InChI is InChI=1S/C78H141NO8/c1-3-5-7-9-11-13-15-17-19-21-23-25-27-29-31-33-35-36-38-39-41-43-45-47-49-51-53-55-57-59-61-63-65-67-72(81)71(70-86-78-77(85)76(84)75(83)73(69-80)87-78)79-74(82)68-66-64-62-60-58-56-54-52-50-48-46-44-42-40-37-34-32-30-28-26-24-22-20-18-16-14-12-10-8-6-4-2/h6,8,12,14,18,20,24,26,30,32,57,59,65,67,71-73,75-78,80-81,83-85H,3-5,7,9-11,13,15-17,19,21-23,25,27-29,31,33-56,58,60-64,66,68-70H2,1-2H3,(H,79,82)/b8-6-,14-12-,20-18-,26-24-,32-30-,59-57+,67-65+. The first kappa shape index (κ1) is 82.4. The SMILES string of the molecule is CC/C=C\C/C=C\C/C=C\C/C=C\C/C=C\CCCCCCCCCCCCCCCCCC(=O)NC(COC1OC(CO)C(O)C(O)C1O)C(O)/C=C/CC/C=C/CCCCCCCCCCCCCCCCCCCCCCCCCCCCC. The molecule has 7 unspecified atom stereocenters. The average molecular weight is 1220 g/mol. The van der Waals surface area contributed by atoms with E-state index in [1.165, 1.54) is 257 Å². The van der Waals surface area contributed by atoms with Crippen molar-refractivity contribution in [1.82, 2.24) is 5.32 Å². The molecule has 0 aromatic heterocycles. The predicted octanol–water partition coefficient (Wildman–Crippen LogP) is 20.9. The second kappa shape index (κ2) is 66.3. The van der Waals surface area contributed by atoms with Gasteiger partial charge in [0.1, 0.15) is 24.4 Å². The highest BCUT2D eigenvalue weighted by Crippen LogP contribution is 2.23. The van der Waals surface area contributed by atoms with E-state index < -0.39 is 49.5 Å². The molecule has 87 heavy (non-hydrogen) atoms. The summed E-state index contributed by atoms with van der Waals surface area (Å²) in [6, 6.07) is -0.828. The minimum atomic E-state index is -1.58. The number of carbonyl (C=O) groups excluding carboxylic acids is 1. The quantitative estimate of drug-likeness (QED) is 0.0261. The van der Waals surface area contributed by atoms with Crippen LogP contribution in [0.1, 0.15) is 348 Å². The smallest absolute Gasteiger partial charge is 0.220 e. The summed E-state index contributed by atoms with van der Waals surface area (Å²) >= 11 is 0. The van der Waals surface area contributed by atoms with Gasteiger partial charge >= 0.3 is 0 Å². The number of unbranched alkanes of at least 4 members (excludes halogenated alkanes) is 43. The van der Waals surface area contributed by atoms with Crippen LogP contribution in [0.15, 0.2) is 85.1 Å². The van der Waals surface area contributed by atoms with Gasteiger partial charge in [-0.2, -0.15) is 0 Å². The molecule has 0 bridgehead atoms. The van der Waals surface area contributed by atoms with E-state index in [1.807, 2.05) is 6.08 Å². The molecule has 6 N–H and O–H groups in total. The van der Waals surface area contributed by atoms with Crippen LogP contribution in [0.2, 0.25) is 0 Å². The Morgan fingerprint density at radius 1 is 0.402 bits per heavy atom. The van der Waals surface area contributed by atoms with Crippen LogP contribution in [0.5, 0.6) is 0 Å². The van der Waals surface area contributed by atoms with Gasteiger partial charge in [0, 0.05) is 6.42 Å². The molecule has 0 radical (unpaired) electrons. The first-order valence-electron chi connectivity index (χ1n) is 37.3. The number of aliphatic hydroxyl groups excluding tert-OH is 5. The number of carbonyl (C=O) groups is 1. The van der Waals surface area contributed by atoms with Crippen LogP contribution in [0.4, 0.5) is 0 Å². The fourth-order valence-corrected chi connectivity index (χ4v) is 11.7. The molecular weight excluding hydrogens is 1080 g/mol. The van der Waals surface area contributed by atoms with Crippen molar-refractivity contribution in [2.45, 2.75) is 391 Å². The van der Waals surface area contributed by atoms with E-state index in [9.17, 15) is 30.3 Å². The van der Waals surface area contributed by atoms with Crippen LogP contribution in [0.3, 0.4) is 0 Å². The third-order valence-corrected chi connectivity index (χ3v) is 17.5. The third-order valence-electron chi connectivity index (χ3n) is 17.5. The number of nitrogens with one attached hydrogen (secondary N) is 1. The van der Waals surface area contributed by atoms with Crippen molar-refractivity contribution in [3.8, 4) is 0 Å². The van der Waals surface area contributed by atoms with Crippen molar-refractivity contribution in [1.29, 1.82) is 0 Å². The van der Waals surface area contributed by atoms with Gasteiger partial charge in [-0.3, -0.25) is 4.79 Å². The van der Waals surface area contributed by atoms with E-state index in [1.54, 1.807) is 6.08 Å². The fraction of sp³-hybridized carbons (Fsp3) is 0.808. The second-order valence-electron chi connectivity index (χ2n) is 25.7. The Hall–Kier alpha value is -2.63. The topological polar surface area (TPSA) is 149 Å². The minimum absolute atomic E-state index is 0.185. The number of rotatable bonds is 65. The van der Waals surface area contributed by atoms with Gasteiger partial charge in [0.25, 0.3) is 0 Å². The van der Waals surface area contributed by atoms with Gasteiger partial charge < -0.3 is 40.3 Å². The molecule has 1 rings (SSSR count). The van der Waals surface area contributed by atoms with Gasteiger partial charge in [0.05, 0.1) is 25.4 Å². The molecule has 0 spiro atoms. The zero-order valence-electron chi connectivity index (χ0n) is 56.8. The van der Waals surface area contributed by atoms with E-state index in [4.69, 9.17) is 9.47 Å². The molecule has 506 valence electrons. The Kier molecular flexibility index (Phi) is 62.8. The average Bonchev–Trinajstić information content (AvgIpc) is 3.47. The van der Waals surface area contributed by atoms with Gasteiger partial charge in [0.15, 0.2) is 6.29 Å². The summed E-state index contributed by atoms with van der Waals surface area (Å²) < 4.78 is 11.3. The molecule has 0 aromatic rings. The largest absolute Gasteiger partial charge is 0.394 e. The molecule has 7 atom stereocenters. The number of ether oxygens (including phenoxy) is 2. The van der Waals surface area contributed by atoms with Crippen molar-refractivity contribution >= 4 is 5.91 Å². The summed E-state index contributed by atoms with van der Waals surface area (Å²) in [6.45, 7) is 3.69. The molecule has 1 aliphatic rings. The number of aliphatic hydroxyl groups is 5. The van der Waals surface area contributed by atoms with Gasteiger partial charge in [0.2, 0.25) is 5.91 Å². The van der Waals surface area contributed by atoms with Crippen molar-refractivity contribution in [2.75, 3.05) is 13.2 Å². The van der Waals surface area contributed by atoms with Gasteiger partial charge in [-0.05, 0) is 77.0 Å². The summed E-state index contributed by atoms with van der Waals surface area (Å²) in [4.78, 5) is 13.1. The zero-order valence-corrected chi connectivity index (χ0v) is 56.8. The van der Waals surface area contributed by atoms with Crippen molar-refractivity contribution < 1.29 is 39.8 Å². The molecule has 1 fully saturated rings. The van der Waals surface area contributed by atoms with Crippen molar-refractivity contribution in [3.63, 3.8) is 0 Å². The van der Waals surface area contributed by atoms with E-state index in [2.05, 4.69) is 92.1 Å². The number of hydrogen-bond acceptors (Lipinski definition) is 8. The van der Waals surface area contributed by atoms with Crippen LogP contribution >= 0.6 is 0 Å². The highest BCUT2D eigenvalue weighted by atomic mass is 16.7. The Bertz CT molecular complexity index is 1650. The van der Waals surface area contributed by atoms with Crippen molar-refractivity contribution in [2.24, 2.45) is 0 Å². The van der Waals surface area contributed by atoms with Crippen LogP contribution in [-0.4, -0.2) is 87.5 Å². The van der Waals surface area contributed by atoms with Crippen LogP contribution < -0.4 is 5.32 Å². The van der Waals surface area contributed by atoms with E-state index in [0.717, 1.165) is 70.6 Å². The Morgan fingerprint density at radius 3 is 1.10 bits per heavy atom. The minimum Gasteiger partial charge on any atom is -0.394 e. The van der Waals surface area contributed by atoms with Crippen LogP contribution in [0, 0.1) is 0 Å². The lowest BCUT2D eigenvalue weighted by Gasteiger charge is -2.40. The Morgan fingerprint density at radius 2 is 0.724 bits per heavy atom. The third kappa shape index (κ3) is 54.8. The fourth-order valence-electron chi connectivity index (χ4n) is 11.7. The molecule has 1 aliphatic heterocycles. The molecule has 9 nitrogen and oxygen atoms in total. The van der Waals surface area contributed by atoms with E-state index in [0.29, 0.717) is 6.42 Å². The highest BCUT2D eigenvalue weighted by molar-refractivity contribution is 5.76. The summed E-state index contributed by atoms with van der Waals surface area (Å²) in [5.41, 5.74) is 0. The Balaban J connectivity index is 2.12. The highest BCUT2D eigenvalue weighted by Gasteiger charge is 2.44. The molecule has 0 aromatic carbocycles. The van der Waals surface area contributed by atoms with Gasteiger partial charge in [-0.15, -0.1) is 0 Å². The first-order valence-corrected chi connectivity index (χ1v) is 37.3. The summed E-state index contributed by atoms with van der Waals surface area (Å²) in [6.07, 6.45) is 88.5. The number of allylic oxidation sites excluding steroid dienone is 13. The summed E-state index contributed by atoms with van der Waals surface area (Å²) in [5.74, 6) is -0.185. The summed E-state index contributed by atoms with van der Waals surface area (Å²) in [5, 5.41) is 54.8. The number of hydrogen-bond donors (Lipinski definition) is 6. The number of amides is 1. The maximum Gasteiger partial charge on any atom is 0.220 e. The molecular formula is C78H141NO8. The lowest BCUT2D eigenvalue weighted by atomic mass is 9.99. The van der Waals surface area contributed by atoms with Crippen LogP contribution in [0.25, 0.3) is 0 Å². The molecule has 0 saturated carbocycles. The molecule has 0 aliphatic carbocycles. The second-order valence-corrected chi connectivity index (χ2v) is 25.7. The maximum atomic E-state index is 13.1. The Labute approximate surface area is 537 Å². The predicted molar refractivity (Wildman–Crippen MR) is 373 cm³/mol. The zero-order chi connectivity index (χ0) is 62.8. The van der Waals surface area contributed by atoms with E-state index in [-0.39, 0.29) is 12.5 Å². The molecule has 1 saturated heterocycles. The van der Waals surface area contributed by atoms with Crippen molar-refractivity contribution in [3.05, 3.63) is 85.1 Å². The molecule has 1 amide bonds. The maximum absolute atomic E-state index is 13.1. The van der Waals surface area contributed by atoms with Gasteiger partial charge in [-0.1, -0.05) is 349 Å². The van der Waals surface area contributed by atoms with Gasteiger partial charge in [-0.25, -0.2) is 0 Å². The van der Waals surface area contributed by atoms with E-state index >= 15 is 0 Å². The lowest BCUT2D eigenvalue weighted by molar-refractivity contribution is -0.302. The molecule has 1 heterocycles.